The summed E-state index contributed by atoms with van der Waals surface area (Å²) in [7, 11) is 1.80. The van der Waals surface area contributed by atoms with Crippen LogP contribution in [0.2, 0.25) is 0 Å². The molecule has 19 heavy (non-hydrogen) atoms. The SMILES string of the molecule is CN1CCN(C(=O)CC2CCCCN2)C(C)(C)C1=O. The van der Waals surface area contributed by atoms with Crippen LogP contribution >= 0.6 is 0 Å². The largest absolute Gasteiger partial charge is 0.342 e. The summed E-state index contributed by atoms with van der Waals surface area (Å²) in [5, 5.41) is 3.39. The zero-order chi connectivity index (χ0) is 14.0. The third kappa shape index (κ3) is 2.91. The van der Waals surface area contributed by atoms with Crippen molar-refractivity contribution in [2.75, 3.05) is 26.7 Å². The molecule has 0 radical (unpaired) electrons. The fourth-order valence-corrected chi connectivity index (χ4v) is 3.07. The standard InChI is InChI=1S/C14H25N3O2/c1-14(2)13(19)16(3)8-9-17(14)12(18)10-11-6-4-5-7-15-11/h11,15H,4-10H2,1-3H3. The number of hydrogen-bond donors (Lipinski definition) is 1. The van der Waals surface area contributed by atoms with Gasteiger partial charge in [0.1, 0.15) is 5.54 Å². The maximum absolute atomic E-state index is 12.4. The molecule has 2 rings (SSSR count). The minimum Gasteiger partial charge on any atom is -0.342 e. The van der Waals surface area contributed by atoms with E-state index in [0.29, 0.717) is 19.5 Å². The molecular formula is C14H25N3O2. The molecule has 2 heterocycles. The Morgan fingerprint density at radius 3 is 2.74 bits per heavy atom. The van der Waals surface area contributed by atoms with Crippen LogP contribution in [0.15, 0.2) is 0 Å². The van der Waals surface area contributed by atoms with Gasteiger partial charge in [0.25, 0.3) is 0 Å². The van der Waals surface area contributed by atoms with E-state index < -0.39 is 5.54 Å². The minimum absolute atomic E-state index is 0.0312. The van der Waals surface area contributed by atoms with Gasteiger partial charge < -0.3 is 15.1 Å². The highest BCUT2D eigenvalue weighted by Gasteiger charge is 2.43. The average Bonchev–Trinajstić information content (AvgIpc) is 2.37. The third-order valence-electron chi connectivity index (χ3n) is 4.34. The molecular weight excluding hydrogens is 242 g/mol. The number of rotatable bonds is 2. The molecule has 5 heteroatoms. The van der Waals surface area contributed by atoms with Gasteiger partial charge in [-0.1, -0.05) is 6.42 Å². The minimum atomic E-state index is -0.710. The van der Waals surface area contributed by atoms with Crippen molar-refractivity contribution in [1.82, 2.24) is 15.1 Å². The van der Waals surface area contributed by atoms with Gasteiger partial charge in [-0.25, -0.2) is 0 Å². The summed E-state index contributed by atoms with van der Waals surface area (Å²) in [6, 6.07) is 0.284. The van der Waals surface area contributed by atoms with Gasteiger partial charge in [-0.3, -0.25) is 9.59 Å². The molecule has 2 aliphatic rings. The summed E-state index contributed by atoms with van der Waals surface area (Å²) in [6.07, 6.45) is 3.97. The molecule has 0 aliphatic carbocycles. The van der Waals surface area contributed by atoms with Gasteiger partial charge in [-0.15, -0.1) is 0 Å². The molecule has 0 bridgehead atoms. The lowest BCUT2D eigenvalue weighted by molar-refractivity contribution is -0.157. The van der Waals surface area contributed by atoms with Crippen molar-refractivity contribution < 1.29 is 9.59 Å². The monoisotopic (exact) mass is 267 g/mol. The van der Waals surface area contributed by atoms with Crippen LogP contribution in [0.1, 0.15) is 39.5 Å². The van der Waals surface area contributed by atoms with Crippen LogP contribution in [0, 0.1) is 0 Å². The predicted molar refractivity (Wildman–Crippen MR) is 73.7 cm³/mol. The van der Waals surface area contributed by atoms with Crippen molar-refractivity contribution in [1.29, 1.82) is 0 Å². The first-order chi connectivity index (χ1) is 8.93. The number of nitrogens with zero attached hydrogens (tertiary/aromatic N) is 2. The average molecular weight is 267 g/mol. The van der Waals surface area contributed by atoms with E-state index in [2.05, 4.69) is 5.32 Å². The summed E-state index contributed by atoms with van der Waals surface area (Å²) in [5.41, 5.74) is -0.710. The molecule has 0 saturated carbocycles. The number of amides is 2. The Morgan fingerprint density at radius 1 is 1.37 bits per heavy atom. The van der Waals surface area contributed by atoms with Crippen molar-refractivity contribution in [3.63, 3.8) is 0 Å². The molecule has 0 aromatic carbocycles. The zero-order valence-electron chi connectivity index (χ0n) is 12.2. The van der Waals surface area contributed by atoms with Gasteiger partial charge in [0.15, 0.2) is 0 Å². The zero-order valence-corrected chi connectivity index (χ0v) is 12.2. The van der Waals surface area contributed by atoms with Gasteiger partial charge in [-0.2, -0.15) is 0 Å². The van der Waals surface area contributed by atoms with Crippen LogP contribution in [0.4, 0.5) is 0 Å². The molecule has 108 valence electrons. The highest BCUT2D eigenvalue weighted by Crippen LogP contribution is 2.23. The van der Waals surface area contributed by atoms with Crippen molar-refractivity contribution >= 4 is 11.8 Å². The van der Waals surface area contributed by atoms with Crippen molar-refractivity contribution in [3.05, 3.63) is 0 Å². The molecule has 0 spiro atoms. The first-order valence-corrected chi connectivity index (χ1v) is 7.22. The van der Waals surface area contributed by atoms with E-state index in [1.54, 1.807) is 16.8 Å². The van der Waals surface area contributed by atoms with Crippen LogP contribution in [0.25, 0.3) is 0 Å². The fourth-order valence-electron chi connectivity index (χ4n) is 3.07. The van der Waals surface area contributed by atoms with Gasteiger partial charge in [0.2, 0.25) is 11.8 Å². The molecule has 2 fully saturated rings. The molecule has 1 atom stereocenters. The van der Waals surface area contributed by atoms with Crippen molar-refractivity contribution in [3.8, 4) is 0 Å². The summed E-state index contributed by atoms with van der Waals surface area (Å²) < 4.78 is 0. The number of nitrogens with one attached hydrogen (secondary N) is 1. The van der Waals surface area contributed by atoms with E-state index in [0.717, 1.165) is 13.0 Å². The Kier molecular flexibility index (Phi) is 4.13. The highest BCUT2D eigenvalue weighted by molar-refractivity contribution is 5.91. The second-order valence-corrected chi connectivity index (χ2v) is 6.18. The highest BCUT2D eigenvalue weighted by atomic mass is 16.2. The first-order valence-electron chi connectivity index (χ1n) is 7.22. The molecule has 0 aromatic rings. The fraction of sp³-hybridized carbons (Fsp3) is 0.857. The summed E-state index contributed by atoms with van der Waals surface area (Å²) >= 11 is 0. The van der Waals surface area contributed by atoms with Gasteiger partial charge in [0.05, 0.1) is 0 Å². The second kappa shape index (κ2) is 5.49. The van der Waals surface area contributed by atoms with E-state index in [1.807, 2.05) is 13.8 Å². The molecule has 2 saturated heterocycles. The van der Waals surface area contributed by atoms with Crippen molar-refractivity contribution in [2.24, 2.45) is 0 Å². The lowest BCUT2D eigenvalue weighted by atomic mass is 9.95. The lowest BCUT2D eigenvalue weighted by Crippen LogP contribution is -2.64. The van der Waals surface area contributed by atoms with E-state index in [-0.39, 0.29) is 17.9 Å². The normalized spacial score (nSPS) is 27.5. The summed E-state index contributed by atoms with van der Waals surface area (Å²) in [6.45, 7) is 5.96. The van der Waals surface area contributed by atoms with Gasteiger partial charge in [0, 0.05) is 32.6 Å². The topological polar surface area (TPSA) is 52.6 Å². The second-order valence-electron chi connectivity index (χ2n) is 6.18. The predicted octanol–water partition coefficient (Wildman–Crippen LogP) is 0.598. The van der Waals surface area contributed by atoms with E-state index >= 15 is 0 Å². The molecule has 2 amide bonds. The number of piperidine rings is 1. The Morgan fingerprint density at radius 2 is 2.11 bits per heavy atom. The number of likely N-dealkylation sites (N-methyl/N-ethyl adjacent to an activating group) is 1. The maximum atomic E-state index is 12.4. The first kappa shape index (κ1) is 14.3. The molecule has 5 nitrogen and oxygen atoms in total. The lowest BCUT2D eigenvalue weighted by Gasteiger charge is -2.45. The summed E-state index contributed by atoms with van der Waals surface area (Å²) in [4.78, 5) is 28.1. The van der Waals surface area contributed by atoms with Crippen LogP contribution < -0.4 is 5.32 Å². The number of hydrogen-bond acceptors (Lipinski definition) is 3. The quantitative estimate of drug-likeness (QED) is 0.797. The van der Waals surface area contributed by atoms with Crippen LogP contribution in [-0.2, 0) is 9.59 Å². The Hall–Kier alpha value is -1.10. The van der Waals surface area contributed by atoms with Crippen molar-refractivity contribution in [2.45, 2.75) is 51.1 Å². The Bertz CT molecular complexity index is 362. The molecule has 1 N–H and O–H groups in total. The van der Waals surface area contributed by atoms with Crippen LogP contribution in [-0.4, -0.2) is 59.9 Å². The van der Waals surface area contributed by atoms with E-state index in [4.69, 9.17) is 0 Å². The smallest absolute Gasteiger partial charge is 0.247 e. The van der Waals surface area contributed by atoms with Gasteiger partial charge >= 0.3 is 0 Å². The molecule has 1 unspecified atom stereocenters. The number of piperazine rings is 1. The maximum Gasteiger partial charge on any atom is 0.247 e. The van der Waals surface area contributed by atoms with E-state index in [1.165, 1.54) is 12.8 Å². The summed E-state index contributed by atoms with van der Waals surface area (Å²) in [5.74, 6) is 0.134. The third-order valence-corrected chi connectivity index (χ3v) is 4.34. The van der Waals surface area contributed by atoms with Gasteiger partial charge in [-0.05, 0) is 33.2 Å². The number of carbonyl (C=O) groups excluding carboxylic acids is 2. The Balaban J connectivity index is 1.99. The molecule has 2 aliphatic heterocycles. The molecule has 0 aromatic heterocycles. The Labute approximate surface area is 115 Å². The van der Waals surface area contributed by atoms with Crippen LogP contribution in [0.3, 0.4) is 0 Å². The van der Waals surface area contributed by atoms with Crippen LogP contribution in [0.5, 0.6) is 0 Å². The number of carbonyl (C=O) groups is 2. The van der Waals surface area contributed by atoms with E-state index in [9.17, 15) is 9.59 Å².